The predicted octanol–water partition coefficient (Wildman–Crippen LogP) is 1.80. The second-order valence-corrected chi connectivity index (χ2v) is 5.48. The number of anilines is 1. The van der Waals surface area contributed by atoms with E-state index < -0.39 is 40.3 Å². The molecule has 0 aliphatic heterocycles. The van der Waals surface area contributed by atoms with Crippen LogP contribution in [0, 0.1) is 0 Å². The third-order valence-electron chi connectivity index (χ3n) is 1.95. The summed E-state index contributed by atoms with van der Waals surface area (Å²) in [6.45, 7) is 0. The van der Waals surface area contributed by atoms with Crippen molar-refractivity contribution in [2.45, 2.75) is 12.8 Å². The van der Waals surface area contributed by atoms with E-state index in [-0.39, 0.29) is 5.69 Å². The number of benzene rings is 1. The van der Waals surface area contributed by atoms with Gasteiger partial charge in [-0.25, -0.2) is 8.42 Å². The molecule has 112 valence electrons. The van der Waals surface area contributed by atoms with E-state index in [0.717, 1.165) is 24.3 Å². The van der Waals surface area contributed by atoms with Gasteiger partial charge in [0.25, 0.3) is 0 Å². The number of nitrogens with one attached hydrogen (secondary N) is 1. The van der Waals surface area contributed by atoms with Crippen LogP contribution in [0.2, 0.25) is 0 Å². The molecule has 0 radical (unpaired) electrons. The van der Waals surface area contributed by atoms with Gasteiger partial charge in [-0.05, 0) is 24.3 Å². The van der Waals surface area contributed by atoms with Crippen LogP contribution in [0.4, 0.5) is 18.9 Å². The summed E-state index contributed by atoms with van der Waals surface area (Å²) >= 11 is 0. The van der Waals surface area contributed by atoms with E-state index in [1.165, 1.54) is 0 Å². The number of carboxylic acids is 1. The number of carboxylic acid groups (broad SMARTS) is 1. The number of carbonyl (C=O) groups is 1. The number of aliphatic carboxylic acids is 1. The lowest BCUT2D eigenvalue weighted by atomic mass is 10.3. The summed E-state index contributed by atoms with van der Waals surface area (Å²) in [7, 11) is -3.87. The highest BCUT2D eigenvalue weighted by Crippen LogP contribution is 2.24. The van der Waals surface area contributed by atoms with E-state index in [0.29, 0.717) is 0 Å². The maximum absolute atomic E-state index is 11.9. The topological polar surface area (TPSA) is 92.7 Å². The van der Waals surface area contributed by atoms with Crippen LogP contribution in [-0.4, -0.2) is 31.6 Å². The molecule has 2 N–H and O–H groups in total. The lowest BCUT2D eigenvalue weighted by molar-refractivity contribution is -0.274. The van der Waals surface area contributed by atoms with E-state index in [1.54, 1.807) is 0 Å². The first-order chi connectivity index (χ1) is 9.07. The van der Waals surface area contributed by atoms with Gasteiger partial charge in [-0.2, -0.15) is 0 Å². The van der Waals surface area contributed by atoms with Crippen molar-refractivity contribution in [2.24, 2.45) is 0 Å². The fourth-order valence-corrected chi connectivity index (χ4v) is 2.22. The van der Waals surface area contributed by atoms with Crippen LogP contribution in [-0.2, 0) is 14.8 Å². The molecule has 0 aliphatic carbocycles. The molecule has 0 amide bonds. The number of hydrogen-bond donors (Lipinski definition) is 2. The molecule has 1 aromatic rings. The van der Waals surface area contributed by atoms with Crippen molar-refractivity contribution in [3.63, 3.8) is 0 Å². The second-order valence-electron chi connectivity index (χ2n) is 3.64. The highest BCUT2D eigenvalue weighted by atomic mass is 32.2. The molecule has 1 aromatic carbocycles. The van der Waals surface area contributed by atoms with Gasteiger partial charge < -0.3 is 9.84 Å². The summed E-state index contributed by atoms with van der Waals surface area (Å²) in [6, 6.07) is 4.00. The zero-order valence-corrected chi connectivity index (χ0v) is 10.7. The Labute approximate surface area is 112 Å². The minimum absolute atomic E-state index is 0.00455. The maximum Gasteiger partial charge on any atom is 0.573 e. The molecule has 0 atom stereocenters. The summed E-state index contributed by atoms with van der Waals surface area (Å²) in [5.41, 5.74) is 0.00455. The van der Waals surface area contributed by atoms with Crippen LogP contribution in [0.25, 0.3) is 0 Å². The molecule has 0 heterocycles. The molecule has 0 saturated heterocycles. The van der Waals surface area contributed by atoms with Crippen molar-refractivity contribution >= 4 is 21.7 Å². The Morgan fingerprint density at radius 2 is 1.80 bits per heavy atom. The summed E-state index contributed by atoms with van der Waals surface area (Å²) in [5.74, 6) is -2.40. The van der Waals surface area contributed by atoms with Crippen LogP contribution in [0.5, 0.6) is 5.75 Å². The summed E-state index contributed by atoms with van der Waals surface area (Å²) in [4.78, 5) is 10.3. The van der Waals surface area contributed by atoms with Gasteiger partial charge in [0.05, 0.1) is 12.2 Å². The first-order valence-electron chi connectivity index (χ1n) is 5.15. The van der Waals surface area contributed by atoms with Gasteiger partial charge in [-0.1, -0.05) is 0 Å². The monoisotopic (exact) mass is 313 g/mol. The number of sulfonamides is 1. The van der Waals surface area contributed by atoms with E-state index in [2.05, 4.69) is 4.74 Å². The highest BCUT2D eigenvalue weighted by Gasteiger charge is 2.31. The fraction of sp³-hybridized carbons (Fsp3) is 0.300. The first-order valence-corrected chi connectivity index (χ1v) is 6.81. The average Bonchev–Trinajstić information content (AvgIpc) is 2.27. The van der Waals surface area contributed by atoms with Gasteiger partial charge in [0.2, 0.25) is 10.0 Å². The number of alkyl halides is 3. The van der Waals surface area contributed by atoms with Gasteiger partial charge >= 0.3 is 12.3 Å². The lowest BCUT2D eigenvalue weighted by Crippen LogP contribution is -2.19. The molecule has 1 rings (SSSR count). The third-order valence-corrected chi connectivity index (χ3v) is 3.23. The average molecular weight is 313 g/mol. The molecule has 10 heteroatoms. The lowest BCUT2D eigenvalue weighted by Gasteiger charge is -2.10. The Morgan fingerprint density at radius 3 is 2.25 bits per heavy atom. The Morgan fingerprint density at radius 1 is 1.25 bits per heavy atom. The van der Waals surface area contributed by atoms with E-state index in [4.69, 9.17) is 5.11 Å². The van der Waals surface area contributed by atoms with Crippen molar-refractivity contribution in [2.75, 3.05) is 10.5 Å². The number of rotatable bonds is 6. The standard InChI is InChI=1S/C10H10F3NO5S/c11-10(12,13)19-8-3-1-7(2-4-8)14-20(17,18)6-5-9(15)16/h1-4,14H,5-6H2,(H,15,16). The molecule has 0 bridgehead atoms. The van der Waals surface area contributed by atoms with Gasteiger partial charge in [-0.15, -0.1) is 13.2 Å². The largest absolute Gasteiger partial charge is 0.573 e. The molecule has 20 heavy (non-hydrogen) atoms. The number of halogens is 3. The molecule has 0 spiro atoms. The summed E-state index contributed by atoms with van der Waals surface area (Å²) in [5, 5.41) is 8.37. The zero-order chi connectivity index (χ0) is 15.4. The fourth-order valence-electron chi connectivity index (χ4n) is 1.18. The summed E-state index contributed by atoms with van der Waals surface area (Å²) < 4.78 is 64.2. The number of hydrogen-bond acceptors (Lipinski definition) is 4. The van der Waals surface area contributed by atoms with E-state index in [9.17, 15) is 26.4 Å². The van der Waals surface area contributed by atoms with Gasteiger partial charge in [0.1, 0.15) is 5.75 Å². The molecule has 0 aliphatic rings. The van der Waals surface area contributed by atoms with Crippen molar-refractivity contribution in [1.29, 1.82) is 0 Å². The summed E-state index contributed by atoms with van der Waals surface area (Å²) in [6.07, 6.45) is -5.41. The first kappa shape index (κ1) is 16.1. The molecule has 0 unspecified atom stereocenters. The Hall–Kier alpha value is -1.97. The Balaban J connectivity index is 2.68. The van der Waals surface area contributed by atoms with Crippen molar-refractivity contribution in [1.82, 2.24) is 0 Å². The zero-order valence-electron chi connectivity index (χ0n) is 9.85. The smallest absolute Gasteiger partial charge is 0.481 e. The molecule has 0 fully saturated rings. The van der Waals surface area contributed by atoms with Gasteiger partial charge in [0, 0.05) is 5.69 Å². The van der Waals surface area contributed by atoms with Crippen LogP contribution < -0.4 is 9.46 Å². The quantitative estimate of drug-likeness (QED) is 0.835. The van der Waals surface area contributed by atoms with Crippen molar-refractivity contribution in [3.8, 4) is 5.75 Å². The van der Waals surface area contributed by atoms with Gasteiger partial charge in [-0.3, -0.25) is 9.52 Å². The SMILES string of the molecule is O=C(O)CCS(=O)(=O)Nc1ccc(OC(F)(F)F)cc1. The predicted molar refractivity (Wildman–Crippen MR) is 62.8 cm³/mol. The molecular weight excluding hydrogens is 303 g/mol. The minimum atomic E-state index is -4.83. The molecule has 0 saturated carbocycles. The maximum atomic E-state index is 11.9. The third kappa shape index (κ3) is 6.27. The van der Waals surface area contributed by atoms with E-state index >= 15 is 0 Å². The molecular formula is C10H10F3NO5S. The normalized spacial score (nSPS) is 11.9. The van der Waals surface area contributed by atoms with Crippen LogP contribution in [0.15, 0.2) is 24.3 Å². The Kier molecular flexibility index (Phi) is 4.82. The minimum Gasteiger partial charge on any atom is -0.481 e. The molecule has 6 nitrogen and oxygen atoms in total. The van der Waals surface area contributed by atoms with Crippen molar-refractivity contribution in [3.05, 3.63) is 24.3 Å². The van der Waals surface area contributed by atoms with E-state index in [1.807, 2.05) is 4.72 Å². The van der Waals surface area contributed by atoms with Crippen LogP contribution >= 0.6 is 0 Å². The number of ether oxygens (including phenoxy) is 1. The Bertz CT molecular complexity index is 568. The second kappa shape index (κ2) is 5.99. The van der Waals surface area contributed by atoms with Crippen LogP contribution in [0.3, 0.4) is 0 Å². The van der Waals surface area contributed by atoms with Crippen molar-refractivity contribution < 1.29 is 36.2 Å². The van der Waals surface area contributed by atoms with Gasteiger partial charge in [0.15, 0.2) is 0 Å². The highest BCUT2D eigenvalue weighted by molar-refractivity contribution is 7.92. The molecule has 0 aromatic heterocycles. The van der Waals surface area contributed by atoms with Crippen LogP contribution in [0.1, 0.15) is 6.42 Å².